The highest BCUT2D eigenvalue weighted by Crippen LogP contribution is 2.25. The zero-order chi connectivity index (χ0) is 9.26. The zero-order valence-electron chi connectivity index (χ0n) is 7.98. The molecule has 66 valence electrons. The number of hydrogen-bond acceptors (Lipinski definition) is 1. The van der Waals surface area contributed by atoms with Crippen LogP contribution in [0.2, 0.25) is 0 Å². The quantitative estimate of drug-likeness (QED) is 0.546. The zero-order valence-corrected chi connectivity index (χ0v) is 7.98. The number of ether oxygens (including phenoxy) is 1. The van der Waals surface area contributed by atoms with E-state index < -0.39 is 0 Å². The van der Waals surface area contributed by atoms with Crippen LogP contribution < -0.4 is 4.74 Å². The van der Waals surface area contributed by atoms with E-state index in [9.17, 15) is 0 Å². The Balaban J connectivity index is 2.62. The molecule has 13 heavy (non-hydrogen) atoms. The fourth-order valence-corrected chi connectivity index (χ4v) is 1.43. The van der Waals surface area contributed by atoms with Gasteiger partial charge in [-0.25, -0.2) is 0 Å². The van der Waals surface area contributed by atoms with E-state index in [0.29, 0.717) is 6.61 Å². The first kappa shape index (κ1) is 8.19. The number of fused-ring (bicyclic) bond motifs is 1. The molecule has 0 atom stereocenters. The molecule has 1 aromatic rings. The molecule has 0 amide bonds. The van der Waals surface area contributed by atoms with Crippen molar-refractivity contribution < 1.29 is 4.74 Å². The third-order valence-corrected chi connectivity index (χ3v) is 2.40. The van der Waals surface area contributed by atoms with Gasteiger partial charge in [0, 0.05) is 6.42 Å². The summed E-state index contributed by atoms with van der Waals surface area (Å²) in [5, 5.41) is 0. The van der Waals surface area contributed by atoms with Crippen LogP contribution in [-0.2, 0) is 0 Å². The molecule has 1 heteroatoms. The van der Waals surface area contributed by atoms with Crippen molar-refractivity contribution in [2.75, 3.05) is 6.61 Å². The van der Waals surface area contributed by atoms with Crippen LogP contribution in [0.1, 0.15) is 23.1 Å². The molecule has 0 aliphatic carbocycles. The Morgan fingerprint density at radius 2 is 2.15 bits per heavy atom. The maximum atomic E-state index is 5.56. The predicted octanol–water partition coefficient (Wildman–Crippen LogP) is 2.44. The summed E-state index contributed by atoms with van der Waals surface area (Å²) < 4.78 is 5.56. The minimum Gasteiger partial charge on any atom is -0.491 e. The molecule has 0 unspecified atom stereocenters. The summed E-state index contributed by atoms with van der Waals surface area (Å²) in [7, 11) is 0. The summed E-state index contributed by atoms with van der Waals surface area (Å²) in [6.07, 6.45) is 0.827. The lowest BCUT2D eigenvalue weighted by molar-refractivity contribution is 0.328. The van der Waals surface area contributed by atoms with Crippen LogP contribution in [0.15, 0.2) is 12.1 Å². The normalized spacial score (nSPS) is 13.4. The third kappa shape index (κ3) is 1.40. The molecule has 1 aliphatic heterocycles. The van der Waals surface area contributed by atoms with Crippen molar-refractivity contribution in [3.63, 3.8) is 0 Å². The first-order valence-electron chi connectivity index (χ1n) is 4.51. The van der Waals surface area contributed by atoms with Crippen LogP contribution in [0, 0.1) is 25.7 Å². The second-order valence-corrected chi connectivity index (χ2v) is 3.28. The van der Waals surface area contributed by atoms with E-state index in [1.807, 2.05) is 6.07 Å². The highest BCUT2D eigenvalue weighted by molar-refractivity contribution is 5.54. The highest BCUT2D eigenvalue weighted by atomic mass is 16.5. The maximum absolute atomic E-state index is 5.56. The minimum atomic E-state index is 0.711. The lowest BCUT2D eigenvalue weighted by Gasteiger charge is -2.09. The molecule has 1 aliphatic rings. The molecule has 1 heterocycles. The molecule has 2 rings (SSSR count). The number of hydrogen-bond donors (Lipinski definition) is 0. The van der Waals surface area contributed by atoms with Crippen LogP contribution in [-0.4, -0.2) is 6.61 Å². The smallest absolute Gasteiger partial charge is 0.135 e. The van der Waals surface area contributed by atoms with Crippen LogP contribution in [0.3, 0.4) is 0 Å². The minimum absolute atomic E-state index is 0.711. The molecule has 0 radical (unpaired) electrons. The summed E-state index contributed by atoms with van der Waals surface area (Å²) in [5.74, 6) is 7.19. The molecule has 0 saturated carbocycles. The van der Waals surface area contributed by atoms with Crippen LogP contribution in [0.25, 0.3) is 0 Å². The van der Waals surface area contributed by atoms with Gasteiger partial charge < -0.3 is 4.74 Å². The van der Waals surface area contributed by atoms with Gasteiger partial charge in [0.25, 0.3) is 0 Å². The largest absolute Gasteiger partial charge is 0.491 e. The average Bonchev–Trinajstić information content (AvgIpc) is 2.36. The summed E-state index contributed by atoms with van der Waals surface area (Å²) in [6.45, 7) is 4.90. The van der Waals surface area contributed by atoms with Crippen molar-refractivity contribution in [1.82, 2.24) is 0 Å². The van der Waals surface area contributed by atoms with Gasteiger partial charge in [-0.05, 0) is 31.0 Å². The van der Waals surface area contributed by atoms with Gasteiger partial charge in [-0.3, -0.25) is 0 Å². The van der Waals surface area contributed by atoms with Crippen LogP contribution >= 0.6 is 0 Å². The molecule has 0 aromatic heterocycles. The second-order valence-electron chi connectivity index (χ2n) is 3.28. The summed E-state index contributed by atoms with van der Waals surface area (Å²) >= 11 is 0. The Bertz CT molecular complexity index is 394. The second kappa shape index (κ2) is 3.14. The topological polar surface area (TPSA) is 9.23 Å². The fourth-order valence-electron chi connectivity index (χ4n) is 1.43. The van der Waals surface area contributed by atoms with E-state index in [1.165, 1.54) is 11.1 Å². The van der Waals surface area contributed by atoms with Crippen molar-refractivity contribution in [2.24, 2.45) is 0 Å². The van der Waals surface area contributed by atoms with Gasteiger partial charge in [-0.2, -0.15) is 0 Å². The lowest BCUT2D eigenvalue weighted by Crippen LogP contribution is -1.97. The summed E-state index contributed by atoms with van der Waals surface area (Å²) in [5.41, 5.74) is 3.59. The van der Waals surface area contributed by atoms with Crippen molar-refractivity contribution in [1.29, 1.82) is 0 Å². The molecule has 0 spiro atoms. The Labute approximate surface area is 78.7 Å². The van der Waals surface area contributed by atoms with Gasteiger partial charge in [-0.1, -0.05) is 17.9 Å². The number of benzene rings is 1. The Morgan fingerprint density at radius 1 is 1.31 bits per heavy atom. The average molecular weight is 172 g/mol. The molecular formula is C12H12O. The monoisotopic (exact) mass is 172 g/mol. The first-order valence-corrected chi connectivity index (χ1v) is 4.51. The molecule has 1 aromatic carbocycles. The van der Waals surface area contributed by atoms with Crippen LogP contribution in [0.5, 0.6) is 5.75 Å². The third-order valence-electron chi connectivity index (χ3n) is 2.40. The number of aryl methyl sites for hydroxylation is 1. The predicted molar refractivity (Wildman–Crippen MR) is 52.9 cm³/mol. The van der Waals surface area contributed by atoms with E-state index in [0.717, 1.165) is 17.7 Å². The standard InChI is InChI=1S/C12H12O/c1-9-6-7-12-11(10(9)2)5-3-4-8-13-12/h6-7H,4,8H2,1-2H3. The maximum Gasteiger partial charge on any atom is 0.135 e. The van der Waals surface area contributed by atoms with Gasteiger partial charge in [0.05, 0.1) is 12.2 Å². The van der Waals surface area contributed by atoms with Crippen LogP contribution in [0.4, 0.5) is 0 Å². The van der Waals surface area contributed by atoms with Gasteiger partial charge in [0.1, 0.15) is 5.75 Å². The van der Waals surface area contributed by atoms with E-state index in [-0.39, 0.29) is 0 Å². The highest BCUT2D eigenvalue weighted by Gasteiger charge is 2.08. The van der Waals surface area contributed by atoms with Crippen molar-refractivity contribution >= 4 is 0 Å². The van der Waals surface area contributed by atoms with Gasteiger partial charge >= 0.3 is 0 Å². The Morgan fingerprint density at radius 3 is 3.00 bits per heavy atom. The summed E-state index contributed by atoms with van der Waals surface area (Å²) in [6, 6.07) is 4.10. The molecule has 0 saturated heterocycles. The van der Waals surface area contributed by atoms with E-state index in [1.54, 1.807) is 0 Å². The van der Waals surface area contributed by atoms with E-state index in [4.69, 9.17) is 4.74 Å². The van der Waals surface area contributed by atoms with E-state index in [2.05, 4.69) is 31.8 Å². The molecule has 0 fully saturated rings. The molecular weight excluding hydrogens is 160 g/mol. The van der Waals surface area contributed by atoms with Gasteiger partial charge in [-0.15, -0.1) is 0 Å². The summed E-state index contributed by atoms with van der Waals surface area (Å²) in [4.78, 5) is 0. The molecule has 0 N–H and O–H groups in total. The van der Waals surface area contributed by atoms with Gasteiger partial charge in [0.2, 0.25) is 0 Å². The van der Waals surface area contributed by atoms with Crippen molar-refractivity contribution in [2.45, 2.75) is 20.3 Å². The Hall–Kier alpha value is -1.42. The molecule has 0 bridgehead atoms. The Kier molecular flexibility index (Phi) is 1.98. The lowest BCUT2D eigenvalue weighted by atomic mass is 10.0. The fraction of sp³-hybridized carbons (Fsp3) is 0.333. The van der Waals surface area contributed by atoms with Gasteiger partial charge in [0.15, 0.2) is 0 Å². The van der Waals surface area contributed by atoms with Crippen molar-refractivity contribution in [3.8, 4) is 17.6 Å². The molecule has 1 nitrogen and oxygen atoms in total. The SMILES string of the molecule is Cc1ccc2c(c1C)C#CCCO2. The first-order chi connectivity index (χ1) is 6.29. The van der Waals surface area contributed by atoms with Crippen molar-refractivity contribution in [3.05, 3.63) is 28.8 Å². The number of rotatable bonds is 0. The van der Waals surface area contributed by atoms with E-state index >= 15 is 0 Å².